The van der Waals surface area contributed by atoms with Crippen LogP contribution in [0.2, 0.25) is 0 Å². The average Bonchev–Trinajstić information content (AvgIpc) is 2.97. The largest absolute Gasteiger partial charge is 0.341 e. The van der Waals surface area contributed by atoms with Crippen LogP contribution in [0.25, 0.3) is 0 Å². The van der Waals surface area contributed by atoms with Crippen LogP contribution < -0.4 is 10.2 Å². The van der Waals surface area contributed by atoms with Gasteiger partial charge in [0.05, 0.1) is 0 Å². The van der Waals surface area contributed by atoms with Crippen molar-refractivity contribution in [3.05, 3.63) is 41.6 Å². The van der Waals surface area contributed by atoms with Crippen LogP contribution in [0.4, 0.5) is 26.2 Å². The summed E-state index contributed by atoms with van der Waals surface area (Å²) in [5, 5.41) is 2.72. The normalized spacial score (nSPS) is 14.5. The highest BCUT2D eigenvalue weighted by Gasteiger charge is 2.17. The minimum atomic E-state index is -0.644. The zero-order valence-corrected chi connectivity index (χ0v) is 11.7. The SMILES string of the molecule is Cc1cc(Nc2c(F)cccc2F)nc(N2CCCC2)n1. The summed E-state index contributed by atoms with van der Waals surface area (Å²) in [6, 6.07) is 5.42. The summed E-state index contributed by atoms with van der Waals surface area (Å²) in [6.45, 7) is 3.66. The Morgan fingerprint density at radius 3 is 2.43 bits per heavy atom. The maximum absolute atomic E-state index is 13.7. The molecule has 6 heteroatoms. The lowest BCUT2D eigenvalue weighted by Gasteiger charge is -2.17. The fourth-order valence-corrected chi connectivity index (χ4v) is 2.42. The smallest absolute Gasteiger partial charge is 0.227 e. The van der Waals surface area contributed by atoms with Crippen LogP contribution in [-0.2, 0) is 0 Å². The Morgan fingerprint density at radius 1 is 1.10 bits per heavy atom. The first-order valence-corrected chi connectivity index (χ1v) is 6.95. The predicted octanol–water partition coefficient (Wildman–Crippen LogP) is 3.41. The van der Waals surface area contributed by atoms with Gasteiger partial charge in [0.25, 0.3) is 0 Å². The Labute approximate surface area is 121 Å². The molecule has 0 unspecified atom stereocenters. The molecule has 0 atom stereocenters. The molecule has 1 aliphatic heterocycles. The first-order chi connectivity index (χ1) is 10.1. The van der Waals surface area contributed by atoms with Crippen molar-refractivity contribution in [3.63, 3.8) is 0 Å². The molecule has 2 heterocycles. The molecule has 1 fully saturated rings. The Morgan fingerprint density at radius 2 is 1.76 bits per heavy atom. The quantitative estimate of drug-likeness (QED) is 0.940. The number of benzene rings is 1. The number of para-hydroxylation sites is 1. The Kier molecular flexibility index (Phi) is 3.68. The van der Waals surface area contributed by atoms with E-state index in [0.717, 1.165) is 31.6 Å². The Bertz CT molecular complexity index is 634. The lowest BCUT2D eigenvalue weighted by molar-refractivity contribution is 0.590. The molecule has 1 aromatic carbocycles. The first kappa shape index (κ1) is 13.7. The van der Waals surface area contributed by atoms with Gasteiger partial charge in [-0.25, -0.2) is 13.8 Å². The second-order valence-electron chi connectivity index (χ2n) is 5.11. The molecule has 0 radical (unpaired) electrons. The van der Waals surface area contributed by atoms with Crippen LogP contribution in [0.3, 0.4) is 0 Å². The van der Waals surface area contributed by atoms with E-state index in [1.165, 1.54) is 18.2 Å². The fraction of sp³-hybridized carbons (Fsp3) is 0.333. The summed E-state index contributed by atoms with van der Waals surface area (Å²) in [4.78, 5) is 10.8. The van der Waals surface area contributed by atoms with Gasteiger partial charge in [-0.15, -0.1) is 0 Å². The van der Waals surface area contributed by atoms with Crippen molar-refractivity contribution >= 4 is 17.5 Å². The highest BCUT2D eigenvalue weighted by Crippen LogP contribution is 2.24. The van der Waals surface area contributed by atoms with Gasteiger partial charge in [-0.05, 0) is 31.9 Å². The number of aromatic nitrogens is 2. The van der Waals surface area contributed by atoms with Crippen LogP contribution in [0, 0.1) is 18.6 Å². The van der Waals surface area contributed by atoms with E-state index in [2.05, 4.69) is 20.2 Å². The number of halogens is 2. The van der Waals surface area contributed by atoms with Crippen molar-refractivity contribution in [2.75, 3.05) is 23.3 Å². The van der Waals surface area contributed by atoms with Crippen LogP contribution in [0.5, 0.6) is 0 Å². The minimum Gasteiger partial charge on any atom is -0.341 e. The molecule has 0 bridgehead atoms. The van der Waals surface area contributed by atoms with E-state index in [1.807, 2.05) is 6.92 Å². The summed E-state index contributed by atoms with van der Waals surface area (Å²) in [7, 11) is 0. The molecule has 1 aromatic heterocycles. The number of hydrogen-bond donors (Lipinski definition) is 1. The van der Waals surface area contributed by atoms with Crippen LogP contribution in [0.1, 0.15) is 18.5 Å². The summed E-state index contributed by atoms with van der Waals surface area (Å²) in [6.07, 6.45) is 2.23. The van der Waals surface area contributed by atoms with Gasteiger partial charge < -0.3 is 10.2 Å². The van der Waals surface area contributed by atoms with E-state index in [0.29, 0.717) is 11.8 Å². The molecule has 4 nitrogen and oxygen atoms in total. The zero-order chi connectivity index (χ0) is 14.8. The van der Waals surface area contributed by atoms with Gasteiger partial charge >= 0.3 is 0 Å². The van der Waals surface area contributed by atoms with Crippen molar-refractivity contribution < 1.29 is 8.78 Å². The third-order valence-electron chi connectivity index (χ3n) is 3.45. The number of nitrogens with zero attached hydrogens (tertiary/aromatic N) is 3. The van der Waals surface area contributed by atoms with Gasteiger partial charge in [0, 0.05) is 24.8 Å². The Balaban J connectivity index is 1.91. The predicted molar refractivity (Wildman–Crippen MR) is 77.9 cm³/mol. The van der Waals surface area contributed by atoms with Gasteiger partial charge in [0.15, 0.2) is 0 Å². The fourth-order valence-electron chi connectivity index (χ4n) is 2.42. The number of hydrogen-bond acceptors (Lipinski definition) is 4. The van der Waals surface area contributed by atoms with Crippen molar-refractivity contribution in [1.29, 1.82) is 0 Å². The third kappa shape index (κ3) is 2.94. The van der Waals surface area contributed by atoms with Crippen molar-refractivity contribution in [1.82, 2.24) is 9.97 Å². The monoisotopic (exact) mass is 290 g/mol. The molecular weight excluding hydrogens is 274 g/mol. The maximum Gasteiger partial charge on any atom is 0.227 e. The number of nitrogens with one attached hydrogen (secondary N) is 1. The van der Waals surface area contributed by atoms with E-state index < -0.39 is 11.6 Å². The van der Waals surface area contributed by atoms with E-state index in [4.69, 9.17) is 0 Å². The van der Waals surface area contributed by atoms with E-state index in [1.54, 1.807) is 6.07 Å². The van der Waals surface area contributed by atoms with Gasteiger partial charge in [-0.1, -0.05) is 6.07 Å². The number of aryl methyl sites for hydroxylation is 1. The average molecular weight is 290 g/mol. The molecule has 1 saturated heterocycles. The van der Waals surface area contributed by atoms with Crippen LogP contribution in [-0.4, -0.2) is 23.1 Å². The van der Waals surface area contributed by atoms with Gasteiger partial charge in [-0.3, -0.25) is 0 Å². The molecule has 21 heavy (non-hydrogen) atoms. The molecule has 110 valence electrons. The van der Waals surface area contributed by atoms with Crippen molar-refractivity contribution in [3.8, 4) is 0 Å². The summed E-state index contributed by atoms with van der Waals surface area (Å²) >= 11 is 0. The van der Waals surface area contributed by atoms with Crippen LogP contribution in [0.15, 0.2) is 24.3 Å². The Hall–Kier alpha value is -2.24. The van der Waals surface area contributed by atoms with Crippen LogP contribution >= 0.6 is 0 Å². The molecule has 1 aliphatic rings. The van der Waals surface area contributed by atoms with Crippen molar-refractivity contribution in [2.45, 2.75) is 19.8 Å². The molecule has 3 rings (SSSR count). The van der Waals surface area contributed by atoms with Gasteiger partial charge in [0.2, 0.25) is 5.95 Å². The highest BCUT2D eigenvalue weighted by atomic mass is 19.1. The maximum atomic E-state index is 13.7. The second-order valence-corrected chi connectivity index (χ2v) is 5.11. The molecule has 2 aromatic rings. The van der Waals surface area contributed by atoms with E-state index in [-0.39, 0.29) is 5.69 Å². The lowest BCUT2D eigenvalue weighted by atomic mass is 10.3. The zero-order valence-electron chi connectivity index (χ0n) is 11.7. The van der Waals surface area contributed by atoms with Gasteiger partial charge in [0.1, 0.15) is 23.1 Å². The summed E-state index contributed by atoms with van der Waals surface area (Å²) in [5.74, 6) is -0.289. The second kappa shape index (κ2) is 5.63. The molecule has 0 aliphatic carbocycles. The molecule has 0 spiro atoms. The molecular formula is C15H16F2N4. The standard InChI is InChI=1S/C15H16F2N4/c1-10-9-13(19-14-11(16)5-4-6-12(14)17)20-15(18-10)21-7-2-3-8-21/h4-6,9H,2-3,7-8H2,1H3,(H,18,19,20). The summed E-state index contributed by atoms with van der Waals surface area (Å²) in [5.41, 5.74) is 0.564. The lowest BCUT2D eigenvalue weighted by Crippen LogP contribution is -2.21. The minimum absolute atomic E-state index is 0.192. The van der Waals surface area contributed by atoms with Crippen molar-refractivity contribution in [2.24, 2.45) is 0 Å². The van der Waals surface area contributed by atoms with E-state index in [9.17, 15) is 8.78 Å². The molecule has 1 N–H and O–H groups in total. The first-order valence-electron chi connectivity index (χ1n) is 6.95. The van der Waals surface area contributed by atoms with Gasteiger partial charge in [-0.2, -0.15) is 4.98 Å². The molecule has 0 saturated carbocycles. The number of anilines is 3. The highest BCUT2D eigenvalue weighted by molar-refractivity contribution is 5.59. The molecule has 0 amide bonds. The van der Waals surface area contributed by atoms with E-state index >= 15 is 0 Å². The topological polar surface area (TPSA) is 41.1 Å². The number of rotatable bonds is 3. The third-order valence-corrected chi connectivity index (χ3v) is 3.45. The summed E-state index contributed by atoms with van der Waals surface area (Å²) < 4.78 is 27.4.